The molecule has 1 heterocycles. The molecule has 0 amide bonds. The average molecular weight is 310 g/mol. The third-order valence-electron chi connectivity index (χ3n) is 4.04. The normalized spacial score (nSPS) is 10.5. The van der Waals surface area contributed by atoms with Gasteiger partial charge in [-0.3, -0.25) is 0 Å². The largest absolute Gasteiger partial charge is 0.414 e. The van der Waals surface area contributed by atoms with Gasteiger partial charge in [-0.05, 0) is 29.9 Å². The summed E-state index contributed by atoms with van der Waals surface area (Å²) in [7, 11) is 0. The summed E-state index contributed by atoms with van der Waals surface area (Å²) in [6.07, 6.45) is 11.3. The van der Waals surface area contributed by atoms with Crippen molar-refractivity contribution in [3.05, 3.63) is 46.5 Å². The number of rotatable bonds is 8. The first-order chi connectivity index (χ1) is 11.3. The van der Waals surface area contributed by atoms with Gasteiger partial charge in [0.2, 0.25) is 0 Å². The van der Waals surface area contributed by atoms with Crippen LogP contribution in [0.3, 0.4) is 0 Å². The summed E-state index contributed by atoms with van der Waals surface area (Å²) >= 11 is 0. The number of unbranched alkanes of at least 4 members (excludes halogenated alkanes) is 8. The van der Waals surface area contributed by atoms with Crippen LogP contribution in [0.4, 0.5) is 0 Å². The number of hydrogen-bond donors (Lipinski definition) is 0. The van der Waals surface area contributed by atoms with Gasteiger partial charge in [-0.1, -0.05) is 76.0 Å². The maximum absolute atomic E-state index is 11.8. The van der Waals surface area contributed by atoms with Gasteiger partial charge in [-0.2, -0.15) is 0 Å². The van der Waals surface area contributed by atoms with Crippen LogP contribution in [-0.4, -0.2) is 0 Å². The summed E-state index contributed by atoms with van der Waals surface area (Å²) in [5.74, 6) is 6.57. The first kappa shape index (κ1) is 17.3. The van der Waals surface area contributed by atoms with Crippen molar-refractivity contribution < 1.29 is 4.42 Å². The van der Waals surface area contributed by atoms with Crippen LogP contribution in [0.1, 0.15) is 70.5 Å². The van der Waals surface area contributed by atoms with Gasteiger partial charge in [0.1, 0.15) is 0 Å². The Kier molecular flexibility index (Phi) is 7.46. The van der Waals surface area contributed by atoms with Crippen molar-refractivity contribution in [2.75, 3.05) is 0 Å². The van der Waals surface area contributed by atoms with Crippen LogP contribution in [0.5, 0.6) is 0 Å². The lowest BCUT2D eigenvalue weighted by Gasteiger charge is -1.99. The van der Waals surface area contributed by atoms with Crippen molar-refractivity contribution in [3.8, 4) is 11.8 Å². The summed E-state index contributed by atoms with van der Waals surface area (Å²) in [5, 5.41) is 1.50. The molecule has 0 fully saturated rings. The summed E-state index contributed by atoms with van der Waals surface area (Å²) in [6, 6.07) is 9.29. The predicted octanol–water partition coefficient (Wildman–Crippen LogP) is 5.68. The highest BCUT2D eigenvalue weighted by molar-refractivity contribution is 5.81. The van der Waals surface area contributed by atoms with Crippen molar-refractivity contribution in [2.45, 2.75) is 64.7 Å². The van der Waals surface area contributed by atoms with E-state index < -0.39 is 0 Å². The lowest BCUT2D eigenvalue weighted by molar-refractivity contribution is 0.507. The van der Waals surface area contributed by atoms with Crippen LogP contribution in [0, 0.1) is 11.8 Å². The van der Waals surface area contributed by atoms with E-state index in [1.54, 1.807) is 6.07 Å². The van der Waals surface area contributed by atoms with Crippen LogP contribution in [-0.2, 0) is 0 Å². The molecule has 0 spiro atoms. The minimum absolute atomic E-state index is 0.306. The van der Waals surface area contributed by atoms with Crippen molar-refractivity contribution in [1.29, 1.82) is 0 Å². The van der Waals surface area contributed by atoms with Gasteiger partial charge in [-0.15, -0.1) is 0 Å². The number of hydrogen-bond acceptors (Lipinski definition) is 2. The van der Waals surface area contributed by atoms with E-state index in [1.807, 2.05) is 24.3 Å². The smallest absolute Gasteiger partial charge is 0.344 e. The third kappa shape index (κ3) is 5.94. The van der Waals surface area contributed by atoms with E-state index >= 15 is 0 Å². The van der Waals surface area contributed by atoms with Crippen molar-refractivity contribution in [1.82, 2.24) is 0 Å². The van der Waals surface area contributed by atoms with E-state index in [1.165, 1.54) is 44.9 Å². The van der Waals surface area contributed by atoms with Gasteiger partial charge in [0.25, 0.3) is 0 Å². The highest BCUT2D eigenvalue weighted by Gasteiger charge is 2.01. The monoisotopic (exact) mass is 310 g/mol. The predicted molar refractivity (Wildman–Crippen MR) is 96.6 cm³/mol. The second kappa shape index (κ2) is 9.90. The molecule has 0 bridgehead atoms. The minimum atomic E-state index is -0.306. The van der Waals surface area contributed by atoms with Crippen LogP contribution >= 0.6 is 0 Å². The molecule has 0 unspecified atom stereocenters. The highest BCUT2D eigenvalue weighted by Crippen LogP contribution is 2.11. The van der Waals surface area contributed by atoms with Gasteiger partial charge in [-0.25, -0.2) is 4.79 Å². The average Bonchev–Trinajstić information content (AvgIpc) is 2.57. The van der Waals surface area contributed by atoms with E-state index in [-0.39, 0.29) is 5.63 Å². The Hall–Kier alpha value is -2.01. The van der Waals surface area contributed by atoms with E-state index in [4.69, 9.17) is 4.42 Å². The molecule has 2 nitrogen and oxygen atoms in total. The van der Waals surface area contributed by atoms with Crippen LogP contribution in [0.25, 0.3) is 10.8 Å². The molecule has 2 heteroatoms. The molecule has 122 valence electrons. The Morgan fingerprint density at radius 3 is 2.43 bits per heavy atom. The molecular formula is C21H26O2. The van der Waals surface area contributed by atoms with Gasteiger partial charge in [0.05, 0.1) is 5.39 Å². The molecule has 0 atom stereocenters. The quantitative estimate of drug-likeness (QED) is 0.464. The molecule has 2 rings (SSSR count). The Balaban J connectivity index is 1.74. The highest BCUT2D eigenvalue weighted by atomic mass is 16.4. The second-order valence-corrected chi connectivity index (χ2v) is 6.01. The topological polar surface area (TPSA) is 30.2 Å². The van der Waals surface area contributed by atoms with E-state index in [0.29, 0.717) is 11.1 Å². The standard InChI is InChI=1S/C21H26O2/c1-2-3-4-5-6-7-8-9-10-11-15-19-17-18-14-12-13-16-20(18)21(22)23-19/h12-14,16-17H,2-10H2,1H3. The van der Waals surface area contributed by atoms with E-state index in [0.717, 1.165) is 18.2 Å². The third-order valence-corrected chi connectivity index (χ3v) is 4.04. The molecule has 0 radical (unpaired) electrons. The maximum atomic E-state index is 11.8. The van der Waals surface area contributed by atoms with Crippen LogP contribution < -0.4 is 5.63 Å². The molecule has 1 aromatic carbocycles. The van der Waals surface area contributed by atoms with E-state index in [9.17, 15) is 4.79 Å². The fourth-order valence-electron chi connectivity index (χ4n) is 2.69. The SMILES string of the molecule is CCCCCCCCCCC#Cc1cc2ccccc2c(=O)o1. The Labute approximate surface area is 138 Å². The van der Waals surface area contributed by atoms with Crippen molar-refractivity contribution in [3.63, 3.8) is 0 Å². The summed E-state index contributed by atoms with van der Waals surface area (Å²) in [5.41, 5.74) is -0.306. The molecule has 2 aromatic rings. The van der Waals surface area contributed by atoms with Crippen molar-refractivity contribution in [2.24, 2.45) is 0 Å². The number of fused-ring (bicyclic) bond motifs is 1. The summed E-state index contributed by atoms with van der Waals surface area (Å²) in [6.45, 7) is 2.25. The second-order valence-electron chi connectivity index (χ2n) is 6.01. The van der Waals surface area contributed by atoms with E-state index in [2.05, 4.69) is 18.8 Å². The molecule has 0 aliphatic heterocycles. The fourth-order valence-corrected chi connectivity index (χ4v) is 2.69. The zero-order valence-electron chi connectivity index (χ0n) is 14.1. The van der Waals surface area contributed by atoms with Crippen molar-refractivity contribution >= 4 is 10.8 Å². The molecule has 0 saturated heterocycles. The molecule has 0 aliphatic rings. The molecule has 0 aliphatic carbocycles. The Morgan fingerprint density at radius 1 is 0.957 bits per heavy atom. The number of benzene rings is 1. The fraction of sp³-hybridized carbons (Fsp3) is 0.476. The maximum Gasteiger partial charge on any atom is 0.344 e. The Bertz CT molecular complexity index is 716. The summed E-state index contributed by atoms with van der Waals surface area (Å²) in [4.78, 5) is 11.8. The first-order valence-corrected chi connectivity index (χ1v) is 8.83. The van der Waals surface area contributed by atoms with Gasteiger partial charge >= 0.3 is 5.63 Å². The van der Waals surface area contributed by atoms with Gasteiger partial charge < -0.3 is 4.42 Å². The first-order valence-electron chi connectivity index (χ1n) is 8.83. The van der Waals surface area contributed by atoms with Crippen LogP contribution in [0.15, 0.2) is 39.5 Å². The molecular weight excluding hydrogens is 284 g/mol. The lowest BCUT2D eigenvalue weighted by Crippen LogP contribution is -2.00. The summed E-state index contributed by atoms with van der Waals surface area (Å²) < 4.78 is 5.24. The molecule has 0 N–H and O–H groups in total. The van der Waals surface area contributed by atoms with Gasteiger partial charge in [0, 0.05) is 6.42 Å². The minimum Gasteiger partial charge on any atom is -0.414 e. The van der Waals surface area contributed by atoms with Gasteiger partial charge in [0.15, 0.2) is 5.76 Å². The lowest BCUT2D eigenvalue weighted by atomic mass is 10.1. The molecule has 1 aromatic heterocycles. The zero-order chi connectivity index (χ0) is 16.3. The molecule has 0 saturated carbocycles. The zero-order valence-corrected chi connectivity index (χ0v) is 14.1. The van der Waals surface area contributed by atoms with Crippen LogP contribution in [0.2, 0.25) is 0 Å². The molecule has 23 heavy (non-hydrogen) atoms. The Morgan fingerprint density at radius 2 is 1.65 bits per heavy atom.